The number of nitrogens with one attached hydrogen (secondary N) is 1. The largest absolute Gasteiger partial charge is 0.394 e. The summed E-state index contributed by atoms with van der Waals surface area (Å²) in [6.45, 7) is 4.11. The topological polar surface area (TPSA) is 69.6 Å². The molecule has 0 aliphatic carbocycles. The van der Waals surface area contributed by atoms with Gasteiger partial charge in [0.15, 0.2) is 0 Å². The van der Waals surface area contributed by atoms with E-state index in [0.29, 0.717) is 6.42 Å². The van der Waals surface area contributed by atoms with Crippen LogP contribution in [0, 0.1) is 0 Å². The summed E-state index contributed by atoms with van der Waals surface area (Å²) in [7, 11) is 0. The highest BCUT2D eigenvalue weighted by Crippen LogP contribution is 2.12. The molecule has 0 saturated carbocycles. The van der Waals surface area contributed by atoms with Crippen LogP contribution in [0.25, 0.3) is 0 Å². The van der Waals surface area contributed by atoms with Gasteiger partial charge in [0, 0.05) is 6.42 Å². The van der Waals surface area contributed by atoms with Gasteiger partial charge in [0.2, 0.25) is 5.91 Å². The average molecular weight is 412 g/mol. The van der Waals surface area contributed by atoms with Crippen LogP contribution in [0.4, 0.5) is 0 Å². The second kappa shape index (κ2) is 21.8. The average Bonchev–Trinajstić information content (AvgIpc) is 2.72. The molecule has 0 aliphatic rings. The zero-order valence-electron chi connectivity index (χ0n) is 19.3. The summed E-state index contributed by atoms with van der Waals surface area (Å²) in [6, 6.07) is -0.609. The smallest absolute Gasteiger partial charge is 0.220 e. The number of carbonyl (C=O) groups is 1. The highest BCUT2D eigenvalue weighted by Gasteiger charge is 2.17. The van der Waals surface area contributed by atoms with Crippen LogP contribution in [-0.2, 0) is 4.79 Å². The van der Waals surface area contributed by atoms with Gasteiger partial charge in [-0.2, -0.15) is 0 Å². The van der Waals surface area contributed by atoms with Gasteiger partial charge in [-0.1, -0.05) is 109 Å². The fourth-order valence-corrected chi connectivity index (χ4v) is 3.53. The van der Waals surface area contributed by atoms with E-state index < -0.39 is 12.1 Å². The van der Waals surface area contributed by atoms with Gasteiger partial charge in [-0.25, -0.2) is 0 Å². The van der Waals surface area contributed by atoms with Gasteiger partial charge in [0.1, 0.15) is 0 Å². The van der Waals surface area contributed by atoms with Crippen LogP contribution < -0.4 is 5.32 Å². The van der Waals surface area contributed by atoms with Crippen molar-refractivity contribution >= 4 is 5.91 Å². The third-order valence-electron chi connectivity index (χ3n) is 5.52. The van der Waals surface area contributed by atoms with Crippen LogP contribution >= 0.6 is 0 Å². The zero-order chi connectivity index (χ0) is 21.6. The number of hydrogen-bond donors (Lipinski definition) is 3. The molecule has 2 unspecified atom stereocenters. The molecule has 0 aromatic carbocycles. The van der Waals surface area contributed by atoms with E-state index in [9.17, 15) is 15.0 Å². The van der Waals surface area contributed by atoms with Crippen molar-refractivity contribution in [2.45, 2.75) is 135 Å². The molecule has 3 N–H and O–H groups in total. The third-order valence-corrected chi connectivity index (χ3v) is 5.52. The first-order valence-electron chi connectivity index (χ1n) is 12.4. The first kappa shape index (κ1) is 28.1. The van der Waals surface area contributed by atoms with Crippen molar-refractivity contribution in [3.05, 3.63) is 12.2 Å². The Balaban J connectivity index is 3.62. The molecule has 2 atom stereocenters. The van der Waals surface area contributed by atoms with E-state index in [1.54, 1.807) is 6.08 Å². The Bertz CT molecular complexity index is 384. The van der Waals surface area contributed by atoms with E-state index in [2.05, 4.69) is 19.2 Å². The fraction of sp³-hybridized carbons (Fsp3) is 0.880. The van der Waals surface area contributed by atoms with E-state index >= 15 is 0 Å². The second-order valence-electron chi connectivity index (χ2n) is 8.41. The maximum absolute atomic E-state index is 11.8. The molecule has 4 heteroatoms. The van der Waals surface area contributed by atoms with Crippen molar-refractivity contribution in [3.8, 4) is 0 Å². The van der Waals surface area contributed by atoms with Crippen molar-refractivity contribution in [2.24, 2.45) is 0 Å². The molecule has 172 valence electrons. The Labute approximate surface area is 180 Å². The molecule has 0 radical (unpaired) electrons. The predicted molar refractivity (Wildman–Crippen MR) is 124 cm³/mol. The number of unbranched alkanes of at least 4 members (excludes halogenated alkanes) is 14. The number of hydrogen-bond acceptors (Lipinski definition) is 3. The van der Waals surface area contributed by atoms with Crippen LogP contribution in [0.3, 0.4) is 0 Å². The van der Waals surface area contributed by atoms with Crippen molar-refractivity contribution < 1.29 is 15.0 Å². The van der Waals surface area contributed by atoms with Gasteiger partial charge in [-0.3, -0.25) is 4.79 Å². The van der Waals surface area contributed by atoms with Gasteiger partial charge in [0.25, 0.3) is 0 Å². The molecule has 1 amide bonds. The SMILES string of the molecule is CCCCCCCCCCCCCC/C=C/C(O)C(CO)NC(=O)CCCCC. The molecule has 0 fully saturated rings. The number of rotatable bonds is 21. The van der Waals surface area contributed by atoms with Gasteiger partial charge in [-0.15, -0.1) is 0 Å². The predicted octanol–water partition coefficient (Wildman–Crippen LogP) is 6.05. The monoisotopic (exact) mass is 411 g/mol. The minimum atomic E-state index is -0.826. The van der Waals surface area contributed by atoms with E-state index in [1.807, 2.05) is 6.08 Å². The molecule has 0 rings (SSSR count). The molecule has 0 aromatic heterocycles. The lowest BCUT2D eigenvalue weighted by Gasteiger charge is -2.19. The van der Waals surface area contributed by atoms with Crippen LogP contribution in [0.5, 0.6) is 0 Å². The van der Waals surface area contributed by atoms with Crippen LogP contribution in [0.1, 0.15) is 123 Å². The number of amides is 1. The lowest BCUT2D eigenvalue weighted by Crippen LogP contribution is -2.45. The molecule has 0 bridgehead atoms. The second-order valence-corrected chi connectivity index (χ2v) is 8.41. The molecule has 4 nitrogen and oxygen atoms in total. The molecule has 0 aromatic rings. The van der Waals surface area contributed by atoms with Crippen molar-refractivity contribution in [1.29, 1.82) is 0 Å². The summed E-state index contributed by atoms with van der Waals surface area (Å²) >= 11 is 0. The van der Waals surface area contributed by atoms with E-state index in [4.69, 9.17) is 0 Å². The van der Waals surface area contributed by atoms with Crippen molar-refractivity contribution in [3.63, 3.8) is 0 Å². The molecule has 0 heterocycles. The van der Waals surface area contributed by atoms with Crippen molar-refractivity contribution in [2.75, 3.05) is 6.61 Å². The lowest BCUT2D eigenvalue weighted by molar-refractivity contribution is -0.123. The quantitative estimate of drug-likeness (QED) is 0.159. The maximum Gasteiger partial charge on any atom is 0.220 e. The Morgan fingerprint density at radius 2 is 1.28 bits per heavy atom. The minimum Gasteiger partial charge on any atom is -0.394 e. The molecule has 0 aliphatic heterocycles. The van der Waals surface area contributed by atoms with Crippen LogP contribution in [-0.4, -0.2) is 34.9 Å². The number of carbonyl (C=O) groups excluding carboxylic acids is 1. The van der Waals surface area contributed by atoms with Gasteiger partial charge < -0.3 is 15.5 Å². The van der Waals surface area contributed by atoms with Crippen LogP contribution in [0.2, 0.25) is 0 Å². The summed E-state index contributed by atoms with van der Waals surface area (Å²) in [5.74, 6) is -0.0918. The van der Waals surface area contributed by atoms with E-state index in [0.717, 1.165) is 32.1 Å². The highest BCUT2D eigenvalue weighted by atomic mass is 16.3. The highest BCUT2D eigenvalue weighted by molar-refractivity contribution is 5.76. The first-order chi connectivity index (χ1) is 14.2. The molecular weight excluding hydrogens is 362 g/mol. The summed E-state index contributed by atoms with van der Waals surface area (Å²) < 4.78 is 0. The minimum absolute atomic E-state index is 0.0918. The van der Waals surface area contributed by atoms with E-state index in [-0.39, 0.29) is 12.5 Å². The van der Waals surface area contributed by atoms with Gasteiger partial charge in [0.05, 0.1) is 18.8 Å². The third kappa shape index (κ3) is 18.9. The summed E-state index contributed by atoms with van der Waals surface area (Å²) in [5, 5.41) is 22.3. The number of allylic oxidation sites excluding steroid dienone is 1. The molecule has 0 saturated heterocycles. The Hall–Kier alpha value is -0.870. The van der Waals surface area contributed by atoms with Crippen molar-refractivity contribution in [1.82, 2.24) is 5.32 Å². The van der Waals surface area contributed by atoms with E-state index in [1.165, 1.54) is 70.6 Å². The van der Waals surface area contributed by atoms with Crippen LogP contribution in [0.15, 0.2) is 12.2 Å². The molecule has 0 spiro atoms. The molecule has 29 heavy (non-hydrogen) atoms. The Kier molecular flexibility index (Phi) is 21.2. The fourth-order valence-electron chi connectivity index (χ4n) is 3.53. The Morgan fingerprint density at radius 1 is 0.793 bits per heavy atom. The first-order valence-corrected chi connectivity index (χ1v) is 12.4. The normalized spacial score (nSPS) is 13.7. The number of aliphatic hydroxyl groups is 2. The number of aliphatic hydroxyl groups excluding tert-OH is 2. The Morgan fingerprint density at radius 3 is 1.79 bits per heavy atom. The summed E-state index contributed by atoms with van der Waals surface area (Å²) in [5.41, 5.74) is 0. The maximum atomic E-state index is 11.8. The van der Waals surface area contributed by atoms with Gasteiger partial charge in [-0.05, 0) is 19.3 Å². The zero-order valence-corrected chi connectivity index (χ0v) is 19.3. The molecular formula is C25H49NO3. The standard InChI is InChI=1S/C25H49NO3/c1-3-5-7-8-9-10-11-12-13-14-15-16-17-19-20-24(28)23(22-27)26-25(29)21-18-6-4-2/h19-20,23-24,27-28H,3-18,21-22H2,1-2H3,(H,26,29)/b20-19+. The lowest BCUT2D eigenvalue weighted by atomic mass is 10.0. The summed E-state index contributed by atoms with van der Waals surface area (Å²) in [4.78, 5) is 11.8. The van der Waals surface area contributed by atoms with Gasteiger partial charge >= 0.3 is 0 Å². The summed E-state index contributed by atoms with van der Waals surface area (Å²) in [6.07, 6.45) is 23.3.